The number of hydrogen-bond acceptors (Lipinski definition) is 5. The first kappa shape index (κ1) is 21.3. The van der Waals surface area contributed by atoms with Gasteiger partial charge in [-0.15, -0.1) is 11.3 Å². The van der Waals surface area contributed by atoms with Gasteiger partial charge in [-0.25, -0.2) is 4.98 Å². The van der Waals surface area contributed by atoms with Gasteiger partial charge in [0.25, 0.3) is 5.91 Å². The van der Waals surface area contributed by atoms with Crippen LogP contribution in [-0.4, -0.2) is 26.9 Å². The standard InChI is InChI=1S/C22H20BrClN2O3S/c23-16-3-1-2-14(8-16)22(28)26(19-5-6-19)10-15-9-17(24)4-7-20(15)29-12-21-25-18(11-27)13-30-21/h1-4,7-9,13,19,27H,5-6,10-12H2. The van der Waals surface area contributed by atoms with Gasteiger partial charge in [-0.3, -0.25) is 4.79 Å². The topological polar surface area (TPSA) is 62.7 Å². The van der Waals surface area contributed by atoms with Gasteiger partial charge in [0.1, 0.15) is 17.4 Å². The molecular formula is C22H20BrClN2O3S. The second kappa shape index (κ2) is 9.47. The highest BCUT2D eigenvalue weighted by molar-refractivity contribution is 9.10. The van der Waals surface area contributed by atoms with Gasteiger partial charge in [0.2, 0.25) is 0 Å². The van der Waals surface area contributed by atoms with Gasteiger partial charge in [0.05, 0.1) is 12.3 Å². The Bertz CT molecular complexity index is 1050. The monoisotopic (exact) mass is 506 g/mol. The van der Waals surface area contributed by atoms with E-state index in [4.69, 9.17) is 16.3 Å². The van der Waals surface area contributed by atoms with Crippen molar-refractivity contribution in [2.24, 2.45) is 0 Å². The third-order valence-corrected chi connectivity index (χ3v) is 6.40. The van der Waals surface area contributed by atoms with E-state index in [1.54, 1.807) is 6.07 Å². The Morgan fingerprint density at radius 2 is 2.13 bits per heavy atom. The smallest absolute Gasteiger partial charge is 0.254 e. The van der Waals surface area contributed by atoms with Crippen LogP contribution in [0.1, 0.15) is 39.5 Å². The van der Waals surface area contributed by atoms with Crippen molar-refractivity contribution in [2.45, 2.75) is 38.6 Å². The molecule has 1 aliphatic carbocycles. The van der Waals surface area contributed by atoms with E-state index < -0.39 is 0 Å². The second-order valence-electron chi connectivity index (χ2n) is 7.11. The van der Waals surface area contributed by atoms with Crippen molar-refractivity contribution in [2.75, 3.05) is 0 Å². The van der Waals surface area contributed by atoms with Crippen LogP contribution >= 0.6 is 38.9 Å². The van der Waals surface area contributed by atoms with Crippen molar-refractivity contribution < 1.29 is 14.6 Å². The molecule has 1 N–H and O–H groups in total. The van der Waals surface area contributed by atoms with Crippen LogP contribution in [0.15, 0.2) is 52.3 Å². The summed E-state index contributed by atoms with van der Waals surface area (Å²) in [6.45, 7) is 0.630. The highest BCUT2D eigenvalue weighted by Crippen LogP contribution is 2.33. The molecule has 1 heterocycles. The Labute approximate surface area is 192 Å². The zero-order valence-electron chi connectivity index (χ0n) is 16.1. The number of thiazole rings is 1. The third kappa shape index (κ3) is 5.21. The van der Waals surface area contributed by atoms with Crippen molar-refractivity contribution >= 4 is 44.8 Å². The Kier molecular flexibility index (Phi) is 6.73. The van der Waals surface area contributed by atoms with E-state index >= 15 is 0 Å². The van der Waals surface area contributed by atoms with Crippen LogP contribution in [0.2, 0.25) is 5.02 Å². The van der Waals surface area contributed by atoms with Crippen LogP contribution in [0.3, 0.4) is 0 Å². The van der Waals surface area contributed by atoms with Crippen LogP contribution in [0, 0.1) is 0 Å². The first-order chi connectivity index (χ1) is 14.5. The number of aliphatic hydroxyl groups is 1. The fraction of sp³-hybridized carbons (Fsp3) is 0.273. The molecule has 1 aromatic heterocycles. The molecule has 4 rings (SSSR count). The minimum atomic E-state index is -0.0866. The number of hydrogen-bond donors (Lipinski definition) is 1. The quantitative estimate of drug-likeness (QED) is 0.441. The molecule has 0 radical (unpaired) electrons. The SMILES string of the molecule is O=C(c1cccc(Br)c1)N(Cc1cc(Cl)ccc1OCc1nc(CO)cs1)C1CC1. The molecule has 0 bridgehead atoms. The summed E-state index contributed by atoms with van der Waals surface area (Å²) >= 11 is 11.1. The number of benzene rings is 2. The molecule has 1 fully saturated rings. The van der Waals surface area contributed by atoms with Gasteiger partial charge in [-0.1, -0.05) is 33.6 Å². The molecular weight excluding hydrogens is 488 g/mol. The third-order valence-electron chi connectivity index (χ3n) is 4.80. The number of rotatable bonds is 8. The van der Waals surface area contributed by atoms with Gasteiger partial charge in [0.15, 0.2) is 0 Å². The van der Waals surface area contributed by atoms with E-state index in [1.165, 1.54) is 11.3 Å². The van der Waals surface area contributed by atoms with Crippen LogP contribution in [0.25, 0.3) is 0 Å². The Morgan fingerprint density at radius 3 is 2.83 bits per heavy atom. The summed E-state index contributed by atoms with van der Waals surface area (Å²) in [6.07, 6.45) is 2.00. The number of aromatic nitrogens is 1. The Balaban J connectivity index is 1.54. The maximum absolute atomic E-state index is 13.2. The van der Waals surface area contributed by atoms with Crippen LogP contribution < -0.4 is 4.74 Å². The van der Waals surface area contributed by atoms with E-state index in [0.29, 0.717) is 35.2 Å². The number of halogens is 2. The lowest BCUT2D eigenvalue weighted by molar-refractivity contribution is 0.0728. The lowest BCUT2D eigenvalue weighted by atomic mass is 10.1. The first-order valence-electron chi connectivity index (χ1n) is 9.55. The number of carbonyl (C=O) groups is 1. The van der Waals surface area contributed by atoms with Crippen LogP contribution in [-0.2, 0) is 19.8 Å². The summed E-state index contributed by atoms with van der Waals surface area (Å²) in [5, 5.41) is 12.4. The Morgan fingerprint density at radius 1 is 1.30 bits per heavy atom. The van der Waals surface area contributed by atoms with Gasteiger partial charge < -0.3 is 14.7 Å². The van der Waals surface area contributed by atoms with Crippen LogP contribution in [0.4, 0.5) is 0 Å². The highest BCUT2D eigenvalue weighted by atomic mass is 79.9. The zero-order valence-corrected chi connectivity index (χ0v) is 19.2. The minimum absolute atomic E-state index is 0.00256. The van der Waals surface area contributed by atoms with Gasteiger partial charge >= 0.3 is 0 Å². The number of ether oxygens (including phenoxy) is 1. The molecule has 0 atom stereocenters. The summed E-state index contributed by atoms with van der Waals surface area (Å²) in [5.74, 6) is 0.671. The summed E-state index contributed by atoms with van der Waals surface area (Å²) in [7, 11) is 0. The number of aliphatic hydroxyl groups excluding tert-OH is 1. The van der Waals surface area contributed by atoms with E-state index in [-0.39, 0.29) is 18.6 Å². The predicted octanol–water partition coefficient (Wildman–Crippen LogP) is 5.44. The molecule has 0 aliphatic heterocycles. The molecule has 1 aliphatic rings. The average Bonchev–Trinajstić information content (AvgIpc) is 3.48. The van der Waals surface area contributed by atoms with E-state index in [9.17, 15) is 9.90 Å². The normalized spacial score (nSPS) is 13.3. The maximum Gasteiger partial charge on any atom is 0.254 e. The number of nitrogens with zero attached hydrogens (tertiary/aromatic N) is 2. The molecule has 2 aromatic carbocycles. The molecule has 156 valence electrons. The zero-order chi connectivity index (χ0) is 21.1. The molecule has 3 aromatic rings. The van der Waals surface area contributed by atoms with E-state index in [1.807, 2.05) is 46.7 Å². The minimum Gasteiger partial charge on any atom is -0.486 e. The Hall–Kier alpha value is -1.93. The van der Waals surface area contributed by atoms with Crippen molar-refractivity contribution in [3.05, 3.63) is 79.2 Å². The van der Waals surface area contributed by atoms with Gasteiger partial charge in [-0.2, -0.15) is 0 Å². The second-order valence-corrected chi connectivity index (χ2v) is 9.40. The number of amides is 1. The fourth-order valence-electron chi connectivity index (χ4n) is 3.16. The largest absolute Gasteiger partial charge is 0.486 e. The van der Waals surface area contributed by atoms with Gasteiger partial charge in [-0.05, 0) is 49.2 Å². The summed E-state index contributed by atoms with van der Waals surface area (Å²) in [4.78, 5) is 19.4. The molecule has 30 heavy (non-hydrogen) atoms. The summed E-state index contributed by atoms with van der Waals surface area (Å²) in [6, 6.07) is 13.1. The number of carbonyl (C=O) groups excluding carboxylic acids is 1. The molecule has 0 saturated heterocycles. The van der Waals surface area contributed by atoms with E-state index in [2.05, 4.69) is 20.9 Å². The first-order valence-corrected chi connectivity index (χ1v) is 11.6. The molecule has 1 saturated carbocycles. The summed E-state index contributed by atoms with van der Waals surface area (Å²) in [5.41, 5.74) is 2.14. The highest BCUT2D eigenvalue weighted by Gasteiger charge is 2.33. The maximum atomic E-state index is 13.2. The lowest BCUT2D eigenvalue weighted by Crippen LogP contribution is -2.32. The predicted molar refractivity (Wildman–Crippen MR) is 121 cm³/mol. The van der Waals surface area contributed by atoms with Crippen molar-refractivity contribution in [3.63, 3.8) is 0 Å². The molecule has 0 unspecified atom stereocenters. The van der Waals surface area contributed by atoms with Crippen molar-refractivity contribution in [3.8, 4) is 5.75 Å². The van der Waals surface area contributed by atoms with Crippen LogP contribution in [0.5, 0.6) is 5.75 Å². The van der Waals surface area contributed by atoms with Crippen molar-refractivity contribution in [1.82, 2.24) is 9.88 Å². The molecule has 0 spiro atoms. The molecule has 1 amide bonds. The molecule has 5 nitrogen and oxygen atoms in total. The van der Waals surface area contributed by atoms with Gasteiger partial charge in [0, 0.05) is 38.6 Å². The summed E-state index contributed by atoms with van der Waals surface area (Å²) < 4.78 is 6.88. The average molecular weight is 508 g/mol. The lowest BCUT2D eigenvalue weighted by Gasteiger charge is -2.24. The van der Waals surface area contributed by atoms with E-state index in [0.717, 1.165) is 27.9 Å². The fourth-order valence-corrected chi connectivity index (χ4v) is 4.45. The van der Waals surface area contributed by atoms with Crippen molar-refractivity contribution in [1.29, 1.82) is 0 Å². The molecule has 8 heteroatoms.